The zero-order valence-electron chi connectivity index (χ0n) is 14.6. The lowest BCUT2D eigenvalue weighted by Crippen LogP contribution is -2.42. The van der Waals surface area contributed by atoms with Crippen LogP contribution in [0.1, 0.15) is 47.8 Å². The van der Waals surface area contributed by atoms with Gasteiger partial charge in [-0.2, -0.15) is 0 Å². The fraction of sp³-hybridized carbons (Fsp3) is 0.368. The van der Waals surface area contributed by atoms with Gasteiger partial charge < -0.3 is 4.74 Å². The van der Waals surface area contributed by atoms with Gasteiger partial charge in [-0.05, 0) is 37.3 Å². The molecule has 0 aliphatic heterocycles. The van der Waals surface area contributed by atoms with Crippen LogP contribution in [0.4, 0.5) is 0 Å². The Bertz CT molecular complexity index is 863. The van der Waals surface area contributed by atoms with Crippen molar-refractivity contribution in [1.29, 1.82) is 0 Å². The molecule has 7 nitrogen and oxygen atoms in total. The average molecular weight is 355 g/mol. The molecular weight excluding hydrogens is 334 g/mol. The van der Waals surface area contributed by atoms with E-state index in [1.54, 1.807) is 0 Å². The Hall–Kier alpha value is -2.96. The van der Waals surface area contributed by atoms with Crippen LogP contribution >= 0.6 is 0 Å². The lowest BCUT2D eigenvalue weighted by atomic mass is 9.97. The van der Waals surface area contributed by atoms with E-state index in [1.165, 1.54) is 6.92 Å². The molecule has 2 N–H and O–H groups in total. The number of fused-ring (bicyclic) bond motifs is 2. The standard InChI is InChI=1S/C19H21N3O4/c1-12(23)21-22-17(24)11-26-19(25)18-13-7-3-2-4-9-15(13)20-16-10-6-5-8-14(16)18/h5-6,8,10H,2-4,7,9,11H2,1H3,(H,21,23)(H,22,24). The zero-order valence-corrected chi connectivity index (χ0v) is 14.6. The molecule has 0 bridgehead atoms. The maximum absolute atomic E-state index is 12.8. The quantitative estimate of drug-likeness (QED) is 0.497. The number of aromatic nitrogens is 1. The van der Waals surface area contributed by atoms with Crippen molar-refractivity contribution in [2.45, 2.75) is 39.0 Å². The number of hydrogen-bond donors (Lipinski definition) is 2. The summed E-state index contributed by atoms with van der Waals surface area (Å²) in [4.78, 5) is 40.0. The Morgan fingerprint density at radius 2 is 1.85 bits per heavy atom. The normalized spacial score (nSPS) is 13.4. The number of benzene rings is 1. The van der Waals surface area contributed by atoms with Crippen LogP contribution in [0.25, 0.3) is 10.9 Å². The van der Waals surface area contributed by atoms with Gasteiger partial charge in [0.15, 0.2) is 6.61 Å². The number of para-hydroxylation sites is 1. The van der Waals surface area contributed by atoms with Crippen molar-refractivity contribution in [2.24, 2.45) is 0 Å². The van der Waals surface area contributed by atoms with E-state index in [-0.39, 0.29) is 0 Å². The van der Waals surface area contributed by atoms with Crippen molar-refractivity contribution in [1.82, 2.24) is 15.8 Å². The van der Waals surface area contributed by atoms with Crippen LogP contribution in [0.2, 0.25) is 0 Å². The number of carbonyl (C=O) groups is 3. The van der Waals surface area contributed by atoms with Gasteiger partial charge in [-0.3, -0.25) is 25.4 Å². The minimum Gasteiger partial charge on any atom is -0.452 e. The second-order valence-electron chi connectivity index (χ2n) is 6.30. The van der Waals surface area contributed by atoms with Gasteiger partial charge in [0.25, 0.3) is 5.91 Å². The Kier molecular flexibility index (Phi) is 5.46. The molecule has 136 valence electrons. The van der Waals surface area contributed by atoms with Crippen LogP contribution in [0.3, 0.4) is 0 Å². The molecular formula is C19H21N3O4. The summed E-state index contributed by atoms with van der Waals surface area (Å²) < 4.78 is 5.21. The number of hydrogen-bond acceptors (Lipinski definition) is 5. The lowest BCUT2D eigenvalue weighted by Gasteiger charge is -2.15. The fourth-order valence-electron chi connectivity index (χ4n) is 3.18. The van der Waals surface area contributed by atoms with Gasteiger partial charge in [0, 0.05) is 18.0 Å². The van der Waals surface area contributed by atoms with E-state index in [0.29, 0.717) is 5.56 Å². The van der Waals surface area contributed by atoms with Crippen LogP contribution in [0.15, 0.2) is 24.3 Å². The number of hydrazine groups is 1. The summed E-state index contributed by atoms with van der Waals surface area (Å²) in [5.74, 6) is -1.55. The van der Waals surface area contributed by atoms with E-state index in [2.05, 4.69) is 10.9 Å². The number of rotatable bonds is 3. The van der Waals surface area contributed by atoms with E-state index in [0.717, 1.165) is 54.3 Å². The minimum absolute atomic E-state index is 0.407. The third kappa shape index (κ3) is 3.99. The number of carbonyl (C=O) groups excluding carboxylic acids is 3. The third-order valence-corrected chi connectivity index (χ3v) is 4.34. The first kappa shape index (κ1) is 17.8. The van der Waals surface area contributed by atoms with Crippen LogP contribution < -0.4 is 10.9 Å². The van der Waals surface area contributed by atoms with E-state index < -0.39 is 24.4 Å². The van der Waals surface area contributed by atoms with E-state index in [1.807, 2.05) is 24.3 Å². The maximum Gasteiger partial charge on any atom is 0.339 e. The van der Waals surface area contributed by atoms with Gasteiger partial charge in [0.05, 0.1) is 11.1 Å². The summed E-state index contributed by atoms with van der Waals surface area (Å²) in [5.41, 5.74) is 7.44. The molecule has 2 amide bonds. The highest BCUT2D eigenvalue weighted by atomic mass is 16.5. The van der Waals surface area contributed by atoms with Crippen LogP contribution in [-0.2, 0) is 27.2 Å². The van der Waals surface area contributed by atoms with Gasteiger partial charge in [0.2, 0.25) is 5.91 Å². The maximum atomic E-state index is 12.8. The largest absolute Gasteiger partial charge is 0.452 e. The molecule has 0 spiro atoms. The summed E-state index contributed by atoms with van der Waals surface area (Å²) in [7, 11) is 0. The van der Waals surface area contributed by atoms with Crippen LogP contribution in [0, 0.1) is 0 Å². The number of ether oxygens (including phenoxy) is 1. The summed E-state index contributed by atoms with van der Waals surface area (Å²) in [6, 6.07) is 7.46. The number of aryl methyl sites for hydroxylation is 1. The average Bonchev–Trinajstić information content (AvgIpc) is 2.87. The molecule has 0 unspecified atom stereocenters. The molecule has 2 aromatic rings. The summed E-state index contributed by atoms with van der Waals surface area (Å²) in [6.07, 6.45) is 4.75. The Morgan fingerprint density at radius 1 is 1.08 bits per heavy atom. The Morgan fingerprint density at radius 3 is 2.65 bits per heavy atom. The summed E-state index contributed by atoms with van der Waals surface area (Å²) in [6.45, 7) is 0.801. The molecule has 0 fully saturated rings. The van der Waals surface area contributed by atoms with Gasteiger partial charge >= 0.3 is 5.97 Å². The topological polar surface area (TPSA) is 97.4 Å². The van der Waals surface area contributed by atoms with Crippen molar-refractivity contribution in [3.05, 3.63) is 41.1 Å². The van der Waals surface area contributed by atoms with Crippen LogP contribution in [0.5, 0.6) is 0 Å². The molecule has 3 rings (SSSR count). The zero-order chi connectivity index (χ0) is 18.5. The van der Waals surface area contributed by atoms with Gasteiger partial charge in [-0.15, -0.1) is 0 Å². The second-order valence-corrected chi connectivity index (χ2v) is 6.30. The highest BCUT2D eigenvalue weighted by molar-refractivity contribution is 6.05. The Labute approximate surface area is 151 Å². The molecule has 0 saturated heterocycles. The molecule has 1 aromatic heterocycles. The van der Waals surface area contributed by atoms with Crippen molar-refractivity contribution in [2.75, 3.05) is 6.61 Å². The summed E-state index contributed by atoms with van der Waals surface area (Å²) >= 11 is 0. The predicted octanol–water partition coefficient (Wildman–Crippen LogP) is 1.83. The number of nitrogens with one attached hydrogen (secondary N) is 2. The smallest absolute Gasteiger partial charge is 0.339 e. The molecule has 1 aliphatic rings. The first-order valence-electron chi connectivity index (χ1n) is 8.69. The molecule has 1 aromatic carbocycles. The number of esters is 1. The van der Waals surface area contributed by atoms with Crippen molar-refractivity contribution >= 4 is 28.7 Å². The SMILES string of the molecule is CC(=O)NNC(=O)COC(=O)c1c2c(nc3ccccc13)CCCCC2. The molecule has 26 heavy (non-hydrogen) atoms. The second kappa shape index (κ2) is 7.95. The lowest BCUT2D eigenvalue weighted by molar-refractivity contribution is -0.129. The van der Waals surface area contributed by atoms with Gasteiger partial charge in [-0.1, -0.05) is 24.6 Å². The first-order chi connectivity index (χ1) is 12.6. The minimum atomic E-state index is -0.599. The molecule has 1 heterocycles. The molecule has 7 heteroatoms. The molecule has 0 saturated carbocycles. The van der Waals surface area contributed by atoms with E-state index in [4.69, 9.17) is 9.72 Å². The first-order valence-corrected chi connectivity index (χ1v) is 8.69. The van der Waals surface area contributed by atoms with Crippen molar-refractivity contribution in [3.8, 4) is 0 Å². The molecule has 0 atom stereocenters. The highest BCUT2D eigenvalue weighted by Gasteiger charge is 2.23. The summed E-state index contributed by atoms with van der Waals surface area (Å²) in [5, 5.41) is 0.736. The van der Waals surface area contributed by atoms with Gasteiger partial charge in [0.1, 0.15) is 0 Å². The predicted molar refractivity (Wildman–Crippen MR) is 95.2 cm³/mol. The molecule has 1 aliphatic carbocycles. The fourth-order valence-corrected chi connectivity index (χ4v) is 3.18. The van der Waals surface area contributed by atoms with Crippen molar-refractivity contribution in [3.63, 3.8) is 0 Å². The van der Waals surface area contributed by atoms with Crippen molar-refractivity contribution < 1.29 is 19.1 Å². The van der Waals surface area contributed by atoms with E-state index in [9.17, 15) is 14.4 Å². The number of nitrogens with zero attached hydrogens (tertiary/aromatic N) is 1. The van der Waals surface area contributed by atoms with Crippen LogP contribution in [-0.4, -0.2) is 29.4 Å². The number of pyridine rings is 1. The van der Waals surface area contributed by atoms with Gasteiger partial charge in [-0.25, -0.2) is 4.79 Å². The third-order valence-electron chi connectivity index (χ3n) is 4.34. The number of amides is 2. The molecule has 0 radical (unpaired) electrons. The Balaban J connectivity index is 1.88. The van der Waals surface area contributed by atoms with E-state index >= 15 is 0 Å². The highest BCUT2D eigenvalue weighted by Crippen LogP contribution is 2.29. The monoisotopic (exact) mass is 355 g/mol.